The first kappa shape index (κ1) is 33.6. The zero-order valence-electron chi connectivity index (χ0n) is 27.5. The Morgan fingerprint density at radius 1 is 0.850 bits per heavy atom. The van der Waals surface area contributed by atoms with Gasteiger partial charge in [0.1, 0.15) is 0 Å². The molecule has 0 nitrogen and oxygen atoms in total. The predicted octanol–water partition coefficient (Wildman–Crippen LogP) is 11.3. The monoisotopic (exact) mass is 536 g/mol. The molecule has 2 aliphatic carbocycles. The van der Waals surface area contributed by atoms with Crippen molar-refractivity contribution in [1.29, 1.82) is 0 Å². The van der Waals surface area contributed by atoms with E-state index in [1.54, 1.807) is 11.1 Å². The Kier molecular flexibility index (Phi) is 13.4. The highest BCUT2D eigenvalue weighted by atomic mass is 14.3. The molecule has 0 N–H and O–H groups in total. The molecule has 2 rings (SSSR count). The van der Waals surface area contributed by atoms with Gasteiger partial charge in [0.25, 0.3) is 0 Å². The molecular formula is C40H56. The van der Waals surface area contributed by atoms with Gasteiger partial charge in [0.15, 0.2) is 0 Å². The molecule has 0 heterocycles. The van der Waals surface area contributed by atoms with Crippen molar-refractivity contribution < 1.29 is 0 Å². The Hall–Kier alpha value is -2.62. The van der Waals surface area contributed by atoms with E-state index >= 15 is 0 Å². The largest absolute Gasteiger partial charge is 0.103 e. The summed E-state index contributed by atoms with van der Waals surface area (Å²) in [6, 6.07) is 0. The van der Waals surface area contributed by atoms with Crippen molar-refractivity contribution in [1.82, 2.24) is 0 Å². The predicted molar refractivity (Wildman–Crippen MR) is 177 cm³/mol. The van der Waals surface area contributed by atoms with E-state index in [4.69, 9.17) is 0 Å². The van der Waals surface area contributed by atoms with Gasteiger partial charge in [-0.1, -0.05) is 100 Å². The Balaban J connectivity index is 1.79. The van der Waals surface area contributed by atoms with Crippen LogP contribution < -0.4 is 0 Å². The molecule has 2 unspecified atom stereocenters. The summed E-state index contributed by atoms with van der Waals surface area (Å²) in [5.41, 5.74) is 9.20. The van der Waals surface area contributed by atoms with Crippen molar-refractivity contribution in [3.63, 3.8) is 0 Å². The lowest BCUT2D eigenvalue weighted by atomic mass is 9.70. The quantitative estimate of drug-likeness (QED) is 0.172. The van der Waals surface area contributed by atoms with E-state index in [1.807, 2.05) is 19.1 Å². The third-order valence-electron chi connectivity index (χ3n) is 8.80. The molecule has 0 amide bonds. The lowest BCUT2D eigenvalue weighted by Gasteiger charge is -2.35. The smallest absolute Gasteiger partial charge is 0.0284 e. The highest BCUT2D eigenvalue weighted by molar-refractivity contribution is 5.40. The lowest BCUT2D eigenvalue weighted by molar-refractivity contribution is 0.345. The standard InChI is InChI=1S/C40H56/c1-31(19-13-21-33(3)25-27-37-35(5)23-15-29-39(37,7)8)17-11-12-18-32(2)20-14-22-34(4)26-28-38-36(6)24-16-30-40(38,9)10/h17,21,25,27,32,34H,15-16,18,22-24,26,28-30H2,1-10H3/b27-25+,31-17+,33-21+. The molecule has 0 aromatic rings. The van der Waals surface area contributed by atoms with Crippen molar-refractivity contribution >= 4 is 0 Å². The highest BCUT2D eigenvalue weighted by Crippen LogP contribution is 2.43. The lowest BCUT2D eigenvalue weighted by Crippen LogP contribution is -2.20. The number of rotatable bonds is 7. The van der Waals surface area contributed by atoms with Gasteiger partial charge >= 0.3 is 0 Å². The van der Waals surface area contributed by atoms with Crippen molar-refractivity contribution in [2.45, 2.75) is 133 Å². The van der Waals surface area contributed by atoms with E-state index in [-0.39, 0.29) is 5.41 Å². The van der Waals surface area contributed by atoms with Gasteiger partial charge < -0.3 is 0 Å². The van der Waals surface area contributed by atoms with Crippen LogP contribution in [-0.2, 0) is 0 Å². The van der Waals surface area contributed by atoms with Crippen molar-refractivity contribution in [3.8, 4) is 35.5 Å². The summed E-state index contributed by atoms with van der Waals surface area (Å²) in [4.78, 5) is 0. The van der Waals surface area contributed by atoms with E-state index in [9.17, 15) is 0 Å². The highest BCUT2D eigenvalue weighted by Gasteiger charge is 2.28. The van der Waals surface area contributed by atoms with E-state index < -0.39 is 0 Å². The minimum absolute atomic E-state index is 0.271. The van der Waals surface area contributed by atoms with E-state index in [0.29, 0.717) is 17.3 Å². The van der Waals surface area contributed by atoms with Gasteiger partial charge in [-0.3, -0.25) is 0 Å². The average molecular weight is 537 g/mol. The minimum atomic E-state index is 0.271. The van der Waals surface area contributed by atoms with Gasteiger partial charge in [0.2, 0.25) is 0 Å². The molecule has 0 aromatic heterocycles. The first-order valence-corrected chi connectivity index (χ1v) is 15.7. The van der Waals surface area contributed by atoms with E-state index in [0.717, 1.165) is 18.4 Å². The minimum Gasteiger partial charge on any atom is -0.103 e. The fourth-order valence-corrected chi connectivity index (χ4v) is 6.12. The molecule has 2 atom stereocenters. The second kappa shape index (κ2) is 16.0. The average Bonchev–Trinajstić information content (AvgIpc) is 2.85. The van der Waals surface area contributed by atoms with Gasteiger partial charge in [-0.2, -0.15) is 0 Å². The normalized spacial score (nSPS) is 20.6. The summed E-state index contributed by atoms with van der Waals surface area (Å²) >= 11 is 0. The van der Waals surface area contributed by atoms with E-state index in [2.05, 4.69) is 110 Å². The summed E-state index contributed by atoms with van der Waals surface area (Å²) in [5.74, 6) is 20.7. The van der Waals surface area contributed by atoms with Gasteiger partial charge in [-0.05, 0) is 119 Å². The first-order valence-electron chi connectivity index (χ1n) is 15.7. The maximum Gasteiger partial charge on any atom is 0.0284 e. The van der Waals surface area contributed by atoms with Crippen LogP contribution >= 0.6 is 0 Å². The van der Waals surface area contributed by atoms with Crippen LogP contribution in [0.5, 0.6) is 0 Å². The molecule has 2 aliphatic rings. The van der Waals surface area contributed by atoms with Crippen LogP contribution in [0.1, 0.15) is 133 Å². The maximum absolute atomic E-state index is 3.44. The fourth-order valence-electron chi connectivity index (χ4n) is 6.12. The molecule has 0 radical (unpaired) electrons. The molecule has 40 heavy (non-hydrogen) atoms. The summed E-state index contributed by atoms with van der Waals surface area (Å²) < 4.78 is 0. The molecule has 0 heteroatoms. The Morgan fingerprint density at radius 3 is 2.20 bits per heavy atom. The van der Waals surface area contributed by atoms with Crippen LogP contribution in [0.3, 0.4) is 0 Å². The van der Waals surface area contributed by atoms with Crippen LogP contribution in [0.25, 0.3) is 0 Å². The third-order valence-corrected chi connectivity index (χ3v) is 8.80. The summed E-state index contributed by atoms with van der Waals surface area (Å²) in [6.45, 7) is 22.9. The topological polar surface area (TPSA) is 0 Å². The molecule has 0 saturated heterocycles. The first-order chi connectivity index (χ1) is 18.8. The van der Waals surface area contributed by atoms with Gasteiger partial charge in [0, 0.05) is 24.3 Å². The molecule has 0 saturated carbocycles. The van der Waals surface area contributed by atoms with E-state index in [1.165, 1.54) is 68.1 Å². The second-order valence-electron chi connectivity index (χ2n) is 13.8. The van der Waals surface area contributed by atoms with Crippen LogP contribution in [0, 0.1) is 58.2 Å². The Bertz CT molecular complexity index is 1210. The Labute approximate surface area is 249 Å². The number of allylic oxidation sites excluding steroid dienone is 10. The molecule has 0 spiro atoms. The van der Waals surface area contributed by atoms with Crippen LogP contribution in [-0.4, -0.2) is 0 Å². The van der Waals surface area contributed by atoms with Crippen LogP contribution in [0.4, 0.5) is 0 Å². The van der Waals surface area contributed by atoms with Crippen molar-refractivity contribution in [2.75, 3.05) is 0 Å². The van der Waals surface area contributed by atoms with Crippen molar-refractivity contribution in [2.24, 2.45) is 22.7 Å². The van der Waals surface area contributed by atoms with Crippen LogP contribution in [0.2, 0.25) is 0 Å². The SMILES string of the molecule is CC1=C(/C=C/C(C)=C/C#C/C(C)=C/C#CCC(C)C#CCC(C)CCC2=C(C)CCCC2(C)C)C(C)(C)CCC1. The summed E-state index contributed by atoms with van der Waals surface area (Å²) in [6.07, 6.45) is 20.4. The second-order valence-corrected chi connectivity index (χ2v) is 13.8. The molecule has 0 bridgehead atoms. The number of hydrogen-bond donors (Lipinski definition) is 0. The molecule has 0 aromatic carbocycles. The molecular weight excluding hydrogens is 480 g/mol. The van der Waals surface area contributed by atoms with Gasteiger partial charge in [-0.25, -0.2) is 0 Å². The maximum atomic E-state index is 3.44. The zero-order chi connectivity index (χ0) is 29.8. The van der Waals surface area contributed by atoms with Gasteiger partial charge in [-0.15, -0.1) is 5.92 Å². The molecule has 216 valence electrons. The third kappa shape index (κ3) is 11.5. The fraction of sp³-hybridized carbons (Fsp3) is 0.600. The molecule has 0 aliphatic heterocycles. The Morgan fingerprint density at radius 2 is 1.52 bits per heavy atom. The summed E-state index contributed by atoms with van der Waals surface area (Å²) in [5, 5.41) is 0. The summed E-state index contributed by atoms with van der Waals surface area (Å²) in [7, 11) is 0. The zero-order valence-corrected chi connectivity index (χ0v) is 27.5. The van der Waals surface area contributed by atoms with Crippen LogP contribution in [0.15, 0.2) is 57.7 Å². The van der Waals surface area contributed by atoms with Gasteiger partial charge in [0.05, 0.1) is 0 Å². The number of hydrogen-bond acceptors (Lipinski definition) is 0. The van der Waals surface area contributed by atoms with Crippen molar-refractivity contribution in [3.05, 3.63) is 57.7 Å². The molecule has 0 fully saturated rings.